The van der Waals surface area contributed by atoms with Crippen LogP contribution in [0.25, 0.3) is 0 Å². The minimum Gasteiger partial charge on any atom is -0.376 e. The standard InChI is InChI=1S/C12H16BrNO2/c1-14-6-12(16-11-7-15-8-11)9-3-2-4-10(13)5-9/h2-5,11-12,14H,6-8H2,1H3. The SMILES string of the molecule is CNCC(OC1COC1)c1cccc(Br)c1. The molecule has 1 unspecified atom stereocenters. The molecule has 0 spiro atoms. The van der Waals surface area contributed by atoms with Gasteiger partial charge in [-0.1, -0.05) is 28.1 Å². The highest BCUT2D eigenvalue weighted by Crippen LogP contribution is 2.23. The van der Waals surface area contributed by atoms with Crippen LogP contribution in [0, 0.1) is 0 Å². The second kappa shape index (κ2) is 5.77. The molecule has 0 aliphatic carbocycles. The van der Waals surface area contributed by atoms with Crippen molar-refractivity contribution in [3.05, 3.63) is 34.3 Å². The molecule has 1 aliphatic rings. The third kappa shape index (κ3) is 3.04. The Labute approximate surface area is 104 Å². The van der Waals surface area contributed by atoms with Gasteiger partial charge in [-0.2, -0.15) is 0 Å². The van der Waals surface area contributed by atoms with Crippen molar-refractivity contribution in [1.29, 1.82) is 0 Å². The molecule has 1 saturated heterocycles. The first-order valence-corrected chi connectivity index (χ1v) is 6.22. The van der Waals surface area contributed by atoms with Crippen molar-refractivity contribution in [1.82, 2.24) is 5.32 Å². The average molecular weight is 286 g/mol. The van der Waals surface area contributed by atoms with Gasteiger partial charge in [0.2, 0.25) is 0 Å². The van der Waals surface area contributed by atoms with Gasteiger partial charge < -0.3 is 14.8 Å². The van der Waals surface area contributed by atoms with Gasteiger partial charge >= 0.3 is 0 Å². The second-order valence-corrected chi connectivity index (χ2v) is 4.81. The van der Waals surface area contributed by atoms with Crippen LogP contribution in [0.5, 0.6) is 0 Å². The first-order chi connectivity index (χ1) is 7.79. The fraction of sp³-hybridized carbons (Fsp3) is 0.500. The molecule has 1 aromatic rings. The van der Waals surface area contributed by atoms with Gasteiger partial charge in [0.05, 0.1) is 19.3 Å². The first kappa shape index (κ1) is 12.0. The maximum absolute atomic E-state index is 5.96. The van der Waals surface area contributed by atoms with Crippen molar-refractivity contribution in [3.63, 3.8) is 0 Å². The zero-order valence-corrected chi connectivity index (χ0v) is 10.9. The Kier molecular flexibility index (Phi) is 4.35. The predicted octanol–water partition coefficient (Wildman–Crippen LogP) is 2.12. The summed E-state index contributed by atoms with van der Waals surface area (Å²) in [6, 6.07) is 8.24. The van der Waals surface area contributed by atoms with Crippen LogP contribution < -0.4 is 5.32 Å². The van der Waals surface area contributed by atoms with Gasteiger partial charge in [-0.3, -0.25) is 0 Å². The van der Waals surface area contributed by atoms with Crippen LogP contribution in [0.1, 0.15) is 11.7 Å². The van der Waals surface area contributed by atoms with E-state index in [1.165, 1.54) is 5.56 Å². The van der Waals surface area contributed by atoms with Gasteiger partial charge in [0.1, 0.15) is 6.10 Å². The van der Waals surface area contributed by atoms with E-state index in [1.807, 2.05) is 19.2 Å². The number of halogens is 1. The molecule has 0 amide bonds. The second-order valence-electron chi connectivity index (χ2n) is 3.90. The highest BCUT2D eigenvalue weighted by molar-refractivity contribution is 9.10. The fourth-order valence-corrected chi connectivity index (χ4v) is 2.08. The molecule has 1 N–H and O–H groups in total. The number of hydrogen-bond acceptors (Lipinski definition) is 3. The third-order valence-corrected chi connectivity index (χ3v) is 3.07. The Morgan fingerprint density at radius 1 is 1.56 bits per heavy atom. The molecule has 3 nitrogen and oxygen atoms in total. The van der Waals surface area contributed by atoms with E-state index in [9.17, 15) is 0 Å². The Bertz CT molecular complexity index is 342. The lowest BCUT2D eigenvalue weighted by atomic mass is 10.1. The molecule has 1 aliphatic heterocycles. The van der Waals surface area contributed by atoms with Crippen LogP contribution in [-0.4, -0.2) is 32.9 Å². The summed E-state index contributed by atoms with van der Waals surface area (Å²) >= 11 is 3.48. The summed E-state index contributed by atoms with van der Waals surface area (Å²) in [6.07, 6.45) is 0.341. The number of ether oxygens (including phenoxy) is 2. The summed E-state index contributed by atoms with van der Waals surface area (Å²) in [5.41, 5.74) is 1.19. The predicted molar refractivity (Wildman–Crippen MR) is 66.5 cm³/mol. The van der Waals surface area contributed by atoms with Crippen LogP contribution in [0.15, 0.2) is 28.7 Å². The topological polar surface area (TPSA) is 30.5 Å². The Morgan fingerprint density at radius 2 is 2.38 bits per heavy atom. The lowest BCUT2D eigenvalue weighted by Gasteiger charge is -2.30. The van der Waals surface area contributed by atoms with Crippen molar-refractivity contribution in [2.75, 3.05) is 26.8 Å². The molecule has 0 aromatic heterocycles. The van der Waals surface area contributed by atoms with Crippen molar-refractivity contribution in [2.24, 2.45) is 0 Å². The van der Waals surface area contributed by atoms with Gasteiger partial charge in [0.15, 0.2) is 0 Å². The molecule has 1 fully saturated rings. The van der Waals surface area contributed by atoms with E-state index >= 15 is 0 Å². The van der Waals surface area contributed by atoms with Crippen LogP contribution in [-0.2, 0) is 9.47 Å². The summed E-state index contributed by atoms with van der Waals surface area (Å²) < 4.78 is 12.2. The van der Waals surface area contributed by atoms with E-state index in [1.54, 1.807) is 0 Å². The Balaban J connectivity index is 2.04. The highest BCUT2D eigenvalue weighted by Gasteiger charge is 2.24. The summed E-state index contributed by atoms with van der Waals surface area (Å²) in [5, 5.41) is 3.16. The zero-order valence-electron chi connectivity index (χ0n) is 9.28. The van der Waals surface area contributed by atoms with E-state index in [0.717, 1.165) is 11.0 Å². The van der Waals surface area contributed by atoms with Gasteiger partial charge in [-0.25, -0.2) is 0 Å². The van der Waals surface area contributed by atoms with Gasteiger partial charge in [-0.15, -0.1) is 0 Å². The van der Waals surface area contributed by atoms with E-state index in [0.29, 0.717) is 13.2 Å². The summed E-state index contributed by atoms with van der Waals surface area (Å²) in [5.74, 6) is 0. The molecule has 2 rings (SSSR count). The minimum absolute atomic E-state index is 0.0939. The quantitative estimate of drug-likeness (QED) is 0.899. The molecule has 0 radical (unpaired) electrons. The average Bonchev–Trinajstić information content (AvgIpc) is 2.21. The van der Waals surface area contributed by atoms with E-state index in [4.69, 9.17) is 9.47 Å². The molecule has 1 atom stereocenters. The summed E-state index contributed by atoms with van der Waals surface area (Å²) in [6.45, 7) is 2.25. The molecule has 0 bridgehead atoms. The van der Waals surface area contributed by atoms with E-state index in [-0.39, 0.29) is 12.2 Å². The van der Waals surface area contributed by atoms with Gasteiger partial charge in [-0.05, 0) is 24.7 Å². The van der Waals surface area contributed by atoms with Gasteiger partial charge in [0, 0.05) is 11.0 Å². The summed E-state index contributed by atoms with van der Waals surface area (Å²) in [7, 11) is 1.94. The molecule has 0 saturated carbocycles. The van der Waals surface area contributed by atoms with Crippen LogP contribution in [0.2, 0.25) is 0 Å². The van der Waals surface area contributed by atoms with Crippen LogP contribution >= 0.6 is 15.9 Å². The van der Waals surface area contributed by atoms with Gasteiger partial charge in [0.25, 0.3) is 0 Å². The minimum atomic E-state index is 0.0939. The largest absolute Gasteiger partial charge is 0.376 e. The van der Waals surface area contributed by atoms with Crippen molar-refractivity contribution in [2.45, 2.75) is 12.2 Å². The highest BCUT2D eigenvalue weighted by atomic mass is 79.9. The third-order valence-electron chi connectivity index (χ3n) is 2.57. The van der Waals surface area contributed by atoms with Crippen LogP contribution in [0.4, 0.5) is 0 Å². The molecular formula is C12H16BrNO2. The normalized spacial score (nSPS) is 18.1. The molecular weight excluding hydrogens is 270 g/mol. The van der Waals surface area contributed by atoms with Crippen LogP contribution in [0.3, 0.4) is 0 Å². The van der Waals surface area contributed by atoms with Crippen molar-refractivity contribution in [3.8, 4) is 0 Å². The van der Waals surface area contributed by atoms with Crippen molar-refractivity contribution >= 4 is 15.9 Å². The molecule has 88 valence electrons. The first-order valence-electron chi connectivity index (χ1n) is 5.43. The molecule has 16 heavy (non-hydrogen) atoms. The number of nitrogens with one attached hydrogen (secondary N) is 1. The monoisotopic (exact) mass is 285 g/mol. The van der Waals surface area contributed by atoms with Crippen molar-refractivity contribution < 1.29 is 9.47 Å². The van der Waals surface area contributed by atoms with E-state index in [2.05, 4.69) is 33.4 Å². The molecule has 1 aromatic carbocycles. The lowest BCUT2D eigenvalue weighted by molar-refractivity contribution is -0.155. The molecule has 1 heterocycles. The Hall–Kier alpha value is -0.420. The maximum Gasteiger partial charge on any atom is 0.105 e. The zero-order chi connectivity index (χ0) is 11.4. The van der Waals surface area contributed by atoms with E-state index < -0.39 is 0 Å². The fourth-order valence-electron chi connectivity index (χ4n) is 1.66. The number of likely N-dealkylation sites (N-methyl/N-ethyl adjacent to an activating group) is 1. The molecule has 4 heteroatoms. The number of hydrogen-bond donors (Lipinski definition) is 1. The number of rotatable bonds is 5. The lowest BCUT2D eigenvalue weighted by Crippen LogP contribution is -2.38. The maximum atomic E-state index is 5.96. The Morgan fingerprint density at radius 3 is 2.94 bits per heavy atom. The summed E-state index contributed by atoms with van der Waals surface area (Å²) in [4.78, 5) is 0. The number of benzene rings is 1. The smallest absolute Gasteiger partial charge is 0.105 e.